The molecule has 21 heavy (non-hydrogen) atoms. The molecule has 0 fully saturated rings. The molecule has 0 aliphatic heterocycles. The average molecular weight is 347 g/mol. The van der Waals surface area contributed by atoms with Crippen LogP contribution in [0.2, 0.25) is 0 Å². The predicted octanol–water partition coefficient (Wildman–Crippen LogP) is 4.87. The fourth-order valence-electron chi connectivity index (χ4n) is 2.57. The van der Waals surface area contributed by atoms with Gasteiger partial charge in [0.2, 0.25) is 0 Å². The zero-order valence-corrected chi connectivity index (χ0v) is 14.4. The molecule has 2 aromatic rings. The summed E-state index contributed by atoms with van der Waals surface area (Å²) in [4.78, 5) is 13.0. The summed E-state index contributed by atoms with van der Waals surface area (Å²) in [5, 5.41) is 0. The number of rotatable bonds is 4. The monoisotopic (exact) mass is 346 g/mol. The highest BCUT2D eigenvalue weighted by molar-refractivity contribution is 9.10. The van der Waals surface area contributed by atoms with Gasteiger partial charge in [-0.05, 0) is 43.0 Å². The molecule has 0 N–H and O–H groups in total. The van der Waals surface area contributed by atoms with Crippen molar-refractivity contribution in [2.75, 3.05) is 7.11 Å². The van der Waals surface area contributed by atoms with E-state index < -0.39 is 0 Å². The Morgan fingerprint density at radius 2 is 1.90 bits per heavy atom. The number of aryl methyl sites for hydroxylation is 2. The number of ether oxygens (including phenoxy) is 1. The Hall–Kier alpha value is -1.61. The van der Waals surface area contributed by atoms with E-state index in [4.69, 9.17) is 4.74 Å². The van der Waals surface area contributed by atoms with E-state index in [0.29, 0.717) is 11.3 Å². The number of benzene rings is 2. The van der Waals surface area contributed by atoms with E-state index in [-0.39, 0.29) is 5.78 Å². The Kier molecular flexibility index (Phi) is 4.84. The van der Waals surface area contributed by atoms with Gasteiger partial charge in [0.05, 0.1) is 12.7 Å². The summed E-state index contributed by atoms with van der Waals surface area (Å²) in [5.74, 6) is 0.679. The largest absolute Gasteiger partial charge is 0.496 e. The molecule has 0 aliphatic carbocycles. The molecule has 0 spiro atoms. The molecule has 0 atom stereocenters. The molecule has 2 aromatic carbocycles. The molecule has 0 bridgehead atoms. The Labute approximate surface area is 134 Å². The molecule has 0 heterocycles. The van der Waals surface area contributed by atoms with Gasteiger partial charge in [0.15, 0.2) is 5.78 Å². The number of halogens is 1. The van der Waals surface area contributed by atoms with Crippen LogP contribution in [0.5, 0.6) is 5.75 Å². The van der Waals surface area contributed by atoms with Gasteiger partial charge in [0.25, 0.3) is 0 Å². The SMILES string of the molecule is CCc1ccccc1C(=O)c1c(C)c(Br)cc(C)c1OC. The van der Waals surface area contributed by atoms with Crippen LogP contribution in [0.1, 0.15) is 39.5 Å². The van der Waals surface area contributed by atoms with Gasteiger partial charge in [-0.1, -0.05) is 47.1 Å². The lowest BCUT2D eigenvalue weighted by Gasteiger charge is -2.16. The topological polar surface area (TPSA) is 26.3 Å². The van der Waals surface area contributed by atoms with E-state index in [1.165, 1.54) is 0 Å². The van der Waals surface area contributed by atoms with Crippen molar-refractivity contribution < 1.29 is 9.53 Å². The van der Waals surface area contributed by atoms with Crippen LogP contribution < -0.4 is 4.74 Å². The van der Waals surface area contributed by atoms with Crippen molar-refractivity contribution in [2.45, 2.75) is 27.2 Å². The van der Waals surface area contributed by atoms with Crippen LogP contribution in [-0.2, 0) is 6.42 Å². The van der Waals surface area contributed by atoms with Crippen molar-refractivity contribution in [1.29, 1.82) is 0 Å². The summed E-state index contributed by atoms with van der Waals surface area (Å²) in [5.41, 5.74) is 4.31. The lowest BCUT2D eigenvalue weighted by atomic mass is 9.92. The number of hydrogen-bond acceptors (Lipinski definition) is 2. The zero-order chi connectivity index (χ0) is 15.6. The standard InChI is InChI=1S/C18H19BrO2/c1-5-13-8-6-7-9-14(13)17(20)16-12(3)15(19)10-11(2)18(16)21-4/h6-10H,5H2,1-4H3. The molecule has 2 nitrogen and oxygen atoms in total. The number of ketones is 1. The van der Waals surface area contributed by atoms with E-state index in [9.17, 15) is 4.79 Å². The molecule has 0 amide bonds. The summed E-state index contributed by atoms with van der Waals surface area (Å²) >= 11 is 3.53. The first kappa shape index (κ1) is 15.8. The third kappa shape index (κ3) is 2.88. The van der Waals surface area contributed by atoms with Crippen molar-refractivity contribution in [3.63, 3.8) is 0 Å². The zero-order valence-electron chi connectivity index (χ0n) is 12.8. The molecule has 0 unspecified atom stereocenters. The number of carbonyl (C=O) groups excluding carboxylic acids is 1. The second-order valence-corrected chi connectivity index (χ2v) is 5.90. The first-order valence-corrected chi connectivity index (χ1v) is 7.76. The first-order chi connectivity index (χ1) is 10.0. The van der Waals surface area contributed by atoms with Gasteiger partial charge in [0, 0.05) is 10.0 Å². The highest BCUT2D eigenvalue weighted by Crippen LogP contribution is 2.34. The molecule has 110 valence electrons. The quantitative estimate of drug-likeness (QED) is 0.738. The van der Waals surface area contributed by atoms with Crippen molar-refractivity contribution in [1.82, 2.24) is 0 Å². The molecule has 0 saturated heterocycles. The van der Waals surface area contributed by atoms with Gasteiger partial charge in [-0.2, -0.15) is 0 Å². The minimum Gasteiger partial charge on any atom is -0.496 e. The second kappa shape index (κ2) is 6.44. The van der Waals surface area contributed by atoms with Crippen molar-refractivity contribution in [2.24, 2.45) is 0 Å². The number of hydrogen-bond donors (Lipinski definition) is 0. The van der Waals surface area contributed by atoms with Gasteiger partial charge in [-0.3, -0.25) is 4.79 Å². The summed E-state index contributed by atoms with van der Waals surface area (Å²) in [6, 6.07) is 9.73. The van der Waals surface area contributed by atoms with Crippen LogP contribution in [0.25, 0.3) is 0 Å². The van der Waals surface area contributed by atoms with Crippen molar-refractivity contribution in [3.8, 4) is 5.75 Å². The number of methoxy groups -OCH3 is 1. The molecule has 0 aliphatic rings. The first-order valence-electron chi connectivity index (χ1n) is 6.97. The average Bonchev–Trinajstić information content (AvgIpc) is 2.49. The maximum absolute atomic E-state index is 13.0. The second-order valence-electron chi connectivity index (χ2n) is 5.05. The molecule has 0 aromatic heterocycles. The van der Waals surface area contributed by atoms with Gasteiger partial charge in [-0.25, -0.2) is 0 Å². The molecule has 0 saturated carbocycles. The van der Waals surface area contributed by atoms with Crippen LogP contribution in [-0.4, -0.2) is 12.9 Å². The van der Waals surface area contributed by atoms with E-state index in [2.05, 4.69) is 22.9 Å². The van der Waals surface area contributed by atoms with Crippen molar-refractivity contribution in [3.05, 3.63) is 62.6 Å². The van der Waals surface area contributed by atoms with Gasteiger partial charge < -0.3 is 4.74 Å². The van der Waals surface area contributed by atoms with Crippen LogP contribution in [0.15, 0.2) is 34.8 Å². The van der Waals surface area contributed by atoms with Crippen LogP contribution >= 0.6 is 15.9 Å². The minimum absolute atomic E-state index is 0.0196. The summed E-state index contributed by atoms with van der Waals surface area (Å²) < 4.78 is 6.42. The molecule has 2 rings (SSSR count). The van der Waals surface area contributed by atoms with Crippen LogP contribution in [0, 0.1) is 13.8 Å². The smallest absolute Gasteiger partial charge is 0.197 e. The van der Waals surface area contributed by atoms with E-state index in [0.717, 1.165) is 33.1 Å². The fourth-order valence-corrected chi connectivity index (χ4v) is 3.11. The third-order valence-corrected chi connectivity index (χ3v) is 4.56. The number of carbonyl (C=O) groups is 1. The van der Waals surface area contributed by atoms with E-state index in [1.54, 1.807) is 7.11 Å². The van der Waals surface area contributed by atoms with Crippen LogP contribution in [0.4, 0.5) is 0 Å². The van der Waals surface area contributed by atoms with Crippen LogP contribution in [0.3, 0.4) is 0 Å². The summed E-state index contributed by atoms with van der Waals surface area (Å²) in [7, 11) is 1.61. The van der Waals surface area contributed by atoms with Gasteiger partial charge in [-0.15, -0.1) is 0 Å². The summed E-state index contributed by atoms with van der Waals surface area (Å²) in [6.07, 6.45) is 0.830. The summed E-state index contributed by atoms with van der Waals surface area (Å²) in [6.45, 7) is 5.95. The van der Waals surface area contributed by atoms with Crippen molar-refractivity contribution >= 4 is 21.7 Å². The van der Waals surface area contributed by atoms with Gasteiger partial charge >= 0.3 is 0 Å². The normalized spacial score (nSPS) is 10.5. The Balaban J connectivity index is 2.69. The van der Waals surface area contributed by atoms with Gasteiger partial charge in [0.1, 0.15) is 5.75 Å². The molecular formula is C18H19BrO2. The Bertz CT molecular complexity index is 690. The third-order valence-electron chi connectivity index (χ3n) is 3.74. The van der Waals surface area contributed by atoms with E-state index in [1.807, 2.05) is 44.2 Å². The Morgan fingerprint density at radius 1 is 1.24 bits per heavy atom. The predicted molar refractivity (Wildman–Crippen MR) is 89.4 cm³/mol. The molecule has 0 radical (unpaired) electrons. The highest BCUT2D eigenvalue weighted by atomic mass is 79.9. The van der Waals surface area contributed by atoms with E-state index >= 15 is 0 Å². The Morgan fingerprint density at radius 3 is 2.52 bits per heavy atom. The molecular weight excluding hydrogens is 328 g/mol. The lowest BCUT2D eigenvalue weighted by molar-refractivity contribution is 0.103. The lowest BCUT2D eigenvalue weighted by Crippen LogP contribution is -2.10. The maximum atomic E-state index is 13.0. The fraction of sp³-hybridized carbons (Fsp3) is 0.278. The maximum Gasteiger partial charge on any atom is 0.197 e. The minimum atomic E-state index is 0.0196. The molecule has 3 heteroatoms. The highest BCUT2D eigenvalue weighted by Gasteiger charge is 2.22.